The van der Waals surface area contributed by atoms with Crippen LogP contribution in [0.5, 0.6) is 0 Å². The highest BCUT2D eigenvalue weighted by Gasteiger charge is 2.43. The van der Waals surface area contributed by atoms with Gasteiger partial charge in [0, 0.05) is 38.9 Å². The SMILES string of the molecule is COC(=O)N[C@H](C(=O)N1CCC[C@H]1c1nc2ccc([C@H]3CC[C@H](c4ccc5nc([C@@H]6CCCN6C(=O)[C@H](C(C)C)N(C)C(=O)O)[nH]c5c4)N3c3cc(F)c(N4CCC5(CCCCC5)CC4)c(F)c3)cc2[nH]1)C(C)C. The molecule has 4 N–H and O–H groups in total. The molecule has 10 rings (SSSR count). The normalized spacial score (nSPS) is 22.9. The second-order valence-corrected chi connectivity index (χ2v) is 22.4. The quantitative estimate of drug-likeness (QED) is 0.0938. The number of imidazole rings is 2. The minimum absolute atomic E-state index is 0.0403. The molecule has 6 atom stereocenters. The number of piperidine rings is 1. The summed E-state index contributed by atoms with van der Waals surface area (Å²) in [6.45, 7) is 9.74. The predicted octanol–water partition coefficient (Wildman–Crippen LogP) is 10.7. The average Bonchev–Trinajstić information content (AvgIpc) is 4.25. The van der Waals surface area contributed by atoms with Crippen LogP contribution in [0.2, 0.25) is 0 Å². The Bertz CT molecular complexity index is 2880. The number of hydrogen-bond donors (Lipinski definition) is 4. The van der Waals surface area contributed by atoms with Crippen molar-refractivity contribution in [3.05, 3.63) is 82.9 Å². The summed E-state index contributed by atoms with van der Waals surface area (Å²) >= 11 is 0. The van der Waals surface area contributed by atoms with Gasteiger partial charge in [0.25, 0.3) is 0 Å². The van der Waals surface area contributed by atoms with Crippen molar-refractivity contribution in [3.63, 3.8) is 0 Å². The number of benzene rings is 3. The van der Waals surface area contributed by atoms with Gasteiger partial charge in [-0.05, 0) is 129 Å². The summed E-state index contributed by atoms with van der Waals surface area (Å²) in [6, 6.07) is 12.3. The van der Waals surface area contributed by atoms with E-state index >= 15 is 8.78 Å². The predicted molar refractivity (Wildman–Crippen MR) is 279 cm³/mol. The minimum atomic E-state index is -1.16. The second kappa shape index (κ2) is 20.7. The van der Waals surface area contributed by atoms with Gasteiger partial charge in [-0.25, -0.2) is 28.3 Å². The number of anilines is 2. The number of carbonyl (C=O) groups is 4. The standard InChI is InChI=1S/C56H72F2N10O6/c1-32(2)47(63-54(71)74-6)52(69)66-24-10-12-45(66)50-59-39-16-14-34(28-41(39)61-50)43-18-19-44(68(43)36-30-37(57)49(38(58)31-36)65-26-22-56(23-27-65)20-8-7-9-21-56)35-15-17-40-42(29-35)62-51(60-40)46-13-11-25-67(46)53(70)48(33(3)4)64(5)55(72)73/h14-17,28-33,43-48H,7-13,18-27H2,1-6H3,(H,59,61)(H,60,62)(H,63,71)(H,72,73)/t43-,44-,45+,46+,47+,48+/m1/s1. The molecule has 0 unspecified atom stereocenters. The number of nitrogens with zero attached hydrogens (tertiary/aromatic N) is 7. The van der Waals surface area contributed by atoms with E-state index in [1.165, 1.54) is 58.4 Å². The molecule has 1 aliphatic carbocycles. The monoisotopic (exact) mass is 1020 g/mol. The van der Waals surface area contributed by atoms with Crippen LogP contribution in [0.4, 0.5) is 29.7 Å². The number of rotatable bonds is 12. The van der Waals surface area contributed by atoms with Crippen molar-refractivity contribution in [2.75, 3.05) is 50.1 Å². The fourth-order valence-electron chi connectivity index (χ4n) is 13.4. The third-order valence-corrected chi connectivity index (χ3v) is 17.3. The molecule has 2 aromatic heterocycles. The minimum Gasteiger partial charge on any atom is -0.465 e. The van der Waals surface area contributed by atoms with E-state index in [0.717, 1.165) is 58.3 Å². The Morgan fingerprint density at radius 2 is 1.23 bits per heavy atom. The van der Waals surface area contributed by atoms with E-state index in [1.807, 2.05) is 56.9 Å². The molecule has 1 spiro atoms. The molecule has 5 fully saturated rings. The molecule has 4 amide bonds. The van der Waals surface area contributed by atoms with Crippen LogP contribution < -0.4 is 15.1 Å². The Labute approximate surface area is 431 Å². The number of methoxy groups -OCH3 is 1. The first-order valence-electron chi connectivity index (χ1n) is 27.0. The smallest absolute Gasteiger partial charge is 0.407 e. The van der Waals surface area contributed by atoms with Crippen molar-refractivity contribution in [2.45, 2.75) is 147 Å². The van der Waals surface area contributed by atoms with Gasteiger partial charge in [0.2, 0.25) is 11.8 Å². The third-order valence-electron chi connectivity index (χ3n) is 17.3. The van der Waals surface area contributed by atoms with Gasteiger partial charge in [0.05, 0.1) is 53.3 Å². The second-order valence-electron chi connectivity index (χ2n) is 22.4. The first-order chi connectivity index (χ1) is 35.5. The molecule has 6 heterocycles. The summed E-state index contributed by atoms with van der Waals surface area (Å²) in [5, 5.41) is 12.5. The number of aromatic amines is 2. The molecule has 4 aliphatic heterocycles. The van der Waals surface area contributed by atoms with E-state index in [9.17, 15) is 24.3 Å². The van der Waals surface area contributed by atoms with E-state index < -0.39 is 35.9 Å². The highest BCUT2D eigenvalue weighted by atomic mass is 19.1. The zero-order valence-corrected chi connectivity index (χ0v) is 43.6. The maximum atomic E-state index is 16.8. The van der Waals surface area contributed by atoms with Crippen LogP contribution in [0.15, 0.2) is 48.5 Å². The number of alkyl carbamates (subject to hydrolysis) is 1. The molecule has 1 saturated carbocycles. The number of amides is 4. The third kappa shape index (κ3) is 9.61. The largest absolute Gasteiger partial charge is 0.465 e. The van der Waals surface area contributed by atoms with Crippen LogP contribution in [-0.4, -0.2) is 116 Å². The van der Waals surface area contributed by atoms with Gasteiger partial charge in [-0.3, -0.25) is 14.5 Å². The summed E-state index contributed by atoms with van der Waals surface area (Å²) in [7, 11) is 2.71. The average molecular weight is 1020 g/mol. The summed E-state index contributed by atoms with van der Waals surface area (Å²) in [4.78, 5) is 78.0. The maximum absolute atomic E-state index is 16.8. The Balaban J connectivity index is 0.970. The molecule has 16 nitrogen and oxygen atoms in total. The van der Waals surface area contributed by atoms with Crippen LogP contribution in [0, 0.1) is 28.9 Å². The zero-order valence-electron chi connectivity index (χ0n) is 43.6. The number of likely N-dealkylation sites (tertiary alicyclic amines) is 2. The molecule has 396 valence electrons. The van der Waals surface area contributed by atoms with Crippen molar-refractivity contribution in [1.82, 2.24) is 40.0 Å². The molecule has 0 radical (unpaired) electrons. The first kappa shape index (κ1) is 51.0. The van der Waals surface area contributed by atoms with E-state index in [-0.39, 0.29) is 58.9 Å². The fraction of sp³-hybridized carbons (Fsp3) is 0.571. The van der Waals surface area contributed by atoms with Gasteiger partial charge in [-0.15, -0.1) is 0 Å². The number of ether oxygens (including phenoxy) is 1. The Morgan fingerprint density at radius 3 is 1.72 bits per heavy atom. The van der Waals surface area contributed by atoms with Gasteiger partial charge in [-0.2, -0.15) is 0 Å². The van der Waals surface area contributed by atoms with Crippen LogP contribution in [0.1, 0.15) is 158 Å². The van der Waals surface area contributed by atoms with Gasteiger partial charge < -0.3 is 44.7 Å². The van der Waals surface area contributed by atoms with Gasteiger partial charge in [-0.1, -0.05) is 59.1 Å². The lowest BCUT2D eigenvalue weighted by Gasteiger charge is -2.45. The Morgan fingerprint density at radius 1 is 0.703 bits per heavy atom. The van der Waals surface area contributed by atoms with Gasteiger partial charge in [0.15, 0.2) is 11.6 Å². The molecule has 4 saturated heterocycles. The number of hydrogen-bond acceptors (Lipinski definition) is 9. The Hall–Kier alpha value is -6.46. The summed E-state index contributed by atoms with van der Waals surface area (Å²) in [5.74, 6) is -0.715. The lowest BCUT2D eigenvalue weighted by molar-refractivity contribution is -0.138. The maximum Gasteiger partial charge on any atom is 0.407 e. The van der Waals surface area contributed by atoms with Crippen LogP contribution in [-0.2, 0) is 14.3 Å². The van der Waals surface area contributed by atoms with Crippen LogP contribution in [0.25, 0.3) is 22.1 Å². The fourth-order valence-corrected chi connectivity index (χ4v) is 13.4. The number of aromatic nitrogens is 4. The molecule has 18 heteroatoms. The van der Waals surface area contributed by atoms with E-state index in [1.54, 1.807) is 9.80 Å². The zero-order chi connectivity index (χ0) is 52.2. The number of halogens is 2. The number of carboxylic acid groups (broad SMARTS) is 1. The summed E-state index contributed by atoms with van der Waals surface area (Å²) in [5.41, 5.74) is 5.64. The Kier molecular flexibility index (Phi) is 14.3. The molecule has 0 bridgehead atoms. The molecule has 5 aromatic rings. The number of fused-ring (bicyclic) bond motifs is 2. The van der Waals surface area contributed by atoms with E-state index in [0.29, 0.717) is 74.7 Å². The van der Waals surface area contributed by atoms with Crippen molar-refractivity contribution in [1.29, 1.82) is 0 Å². The molecular weight excluding hydrogens is 947 g/mol. The first-order valence-corrected chi connectivity index (χ1v) is 27.0. The van der Waals surface area contributed by atoms with Crippen LogP contribution in [0.3, 0.4) is 0 Å². The molecular formula is C56H72F2N10O6. The van der Waals surface area contributed by atoms with Crippen molar-refractivity contribution in [3.8, 4) is 0 Å². The molecule has 74 heavy (non-hydrogen) atoms. The van der Waals surface area contributed by atoms with E-state index in [4.69, 9.17) is 14.7 Å². The number of likely N-dealkylation sites (N-methyl/N-ethyl adjacent to an activating group) is 1. The van der Waals surface area contributed by atoms with Gasteiger partial charge in [0.1, 0.15) is 29.4 Å². The number of H-pyrrole nitrogens is 2. The van der Waals surface area contributed by atoms with Crippen molar-refractivity contribution < 1.29 is 37.8 Å². The topological polar surface area (TPSA) is 183 Å². The summed E-state index contributed by atoms with van der Waals surface area (Å²) in [6.07, 6.45) is 10.4. The van der Waals surface area contributed by atoms with Crippen molar-refractivity contribution in [2.24, 2.45) is 17.3 Å². The van der Waals surface area contributed by atoms with Crippen LogP contribution >= 0.6 is 0 Å². The van der Waals surface area contributed by atoms with Crippen molar-refractivity contribution >= 4 is 57.4 Å². The van der Waals surface area contributed by atoms with Gasteiger partial charge >= 0.3 is 12.2 Å². The lowest BCUT2D eigenvalue weighted by atomic mass is 9.68. The highest BCUT2D eigenvalue weighted by molar-refractivity contribution is 5.87. The summed E-state index contributed by atoms with van der Waals surface area (Å²) < 4.78 is 38.5. The number of carbonyl (C=O) groups excluding carboxylic acids is 3. The molecule has 5 aliphatic rings. The lowest BCUT2D eigenvalue weighted by Crippen LogP contribution is -2.51. The molecule has 3 aromatic carbocycles. The van der Waals surface area contributed by atoms with E-state index in [2.05, 4.69) is 32.3 Å². The number of nitrogens with one attached hydrogen (secondary N) is 3. The highest BCUT2D eigenvalue weighted by Crippen LogP contribution is 2.50.